The molecule has 0 aromatic heterocycles. The summed E-state index contributed by atoms with van der Waals surface area (Å²) in [6.07, 6.45) is 2.04. The van der Waals surface area contributed by atoms with Gasteiger partial charge in [0, 0.05) is 11.8 Å². The average Bonchev–Trinajstić information content (AvgIpc) is 2.96. The first-order valence-electron chi connectivity index (χ1n) is 6.46. The molecule has 0 amide bonds. The minimum atomic E-state index is -0.385. The van der Waals surface area contributed by atoms with Gasteiger partial charge in [-0.25, -0.2) is 4.79 Å². The van der Waals surface area contributed by atoms with Gasteiger partial charge in [-0.3, -0.25) is 0 Å². The molecule has 0 bridgehead atoms. The molecular formula is C16H14O4S. The Morgan fingerprint density at radius 1 is 1.14 bits per heavy atom. The molecule has 1 heterocycles. The standard InChI is InChI=1S/C16H14O4S/c1-21-9-11-2-4-12(5-3-11)16(17)20-13-6-7-14-15(8-13)19-10-18-14/h2-8H,9-10H2,1H3. The SMILES string of the molecule is CSCc1ccc(C(=O)Oc2ccc3c(c2)OCO3)cc1. The lowest BCUT2D eigenvalue weighted by Crippen LogP contribution is -2.08. The van der Waals surface area contributed by atoms with Gasteiger partial charge in [0.05, 0.1) is 5.56 Å². The monoisotopic (exact) mass is 302 g/mol. The zero-order valence-electron chi connectivity index (χ0n) is 11.5. The molecule has 0 unspecified atom stereocenters. The van der Waals surface area contributed by atoms with Crippen LogP contribution in [0.1, 0.15) is 15.9 Å². The van der Waals surface area contributed by atoms with Crippen molar-refractivity contribution < 1.29 is 19.0 Å². The smallest absolute Gasteiger partial charge is 0.343 e. The highest BCUT2D eigenvalue weighted by atomic mass is 32.2. The van der Waals surface area contributed by atoms with Crippen LogP contribution >= 0.6 is 11.8 Å². The number of hydrogen-bond donors (Lipinski definition) is 0. The van der Waals surface area contributed by atoms with Gasteiger partial charge in [-0.15, -0.1) is 0 Å². The Morgan fingerprint density at radius 2 is 1.90 bits per heavy atom. The van der Waals surface area contributed by atoms with Gasteiger partial charge in [0.1, 0.15) is 5.75 Å². The molecule has 0 fully saturated rings. The Balaban J connectivity index is 1.71. The van der Waals surface area contributed by atoms with Crippen LogP contribution in [0.15, 0.2) is 42.5 Å². The normalized spacial score (nSPS) is 12.2. The Hall–Kier alpha value is -2.14. The number of ether oxygens (including phenoxy) is 3. The summed E-state index contributed by atoms with van der Waals surface area (Å²) < 4.78 is 15.8. The van der Waals surface area contributed by atoms with Crippen LogP contribution in [0.3, 0.4) is 0 Å². The van der Waals surface area contributed by atoms with E-state index in [1.165, 1.54) is 5.56 Å². The minimum Gasteiger partial charge on any atom is -0.454 e. The van der Waals surface area contributed by atoms with Crippen molar-refractivity contribution in [3.8, 4) is 17.2 Å². The molecular weight excluding hydrogens is 288 g/mol. The molecule has 4 nitrogen and oxygen atoms in total. The van der Waals surface area contributed by atoms with E-state index in [-0.39, 0.29) is 12.8 Å². The quantitative estimate of drug-likeness (QED) is 0.639. The molecule has 0 saturated carbocycles. The Kier molecular flexibility index (Phi) is 4.01. The lowest BCUT2D eigenvalue weighted by atomic mass is 10.1. The lowest BCUT2D eigenvalue weighted by Gasteiger charge is -2.06. The Morgan fingerprint density at radius 3 is 2.67 bits per heavy atom. The van der Waals surface area contributed by atoms with Crippen molar-refractivity contribution >= 4 is 17.7 Å². The van der Waals surface area contributed by atoms with Crippen LogP contribution in [0.5, 0.6) is 17.2 Å². The van der Waals surface area contributed by atoms with E-state index in [1.54, 1.807) is 42.1 Å². The van der Waals surface area contributed by atoms with Crippen molar-refractivity contribution in [1.29, 1.82) is 0 Å². The van der Waals surface area contributed by atoms with Gasteiger partial charge in [-0.1, -0.05) is 12.1 Å². The molecule has 21 heavy (non-hydrogen) atoms. The minimum absolute atomic E-state index is 0.198. The number of rotatable bonds is 4. The van der Waals surface area contributed by atoms with Crippen molar-refractivity contribution in [1.82, 2.24) is 0 Å². The van der Waals surface area contributed by atoms with Crippen molar-refractivity contribution in [2.75, 3.05) is 13.0 Å². The highest BCUT2D eigenvalue weighted by Crippen LogP contribution is 2.35. The Bertz CT molecular complexity index is 652. The van der Waals surface area contributed by atoms with Crippen LogP contribution in [-0.4, -0.2) is 19.0 Å². The zero-order valence-corrected chi connectivity index (χ0v) is 12.3. The summed E-state index contributed by atoms with van der Waals surface area (Å²) in [5.41, 5.74) is 1.71. The largest absolute Gasteiger partial charge is 0.454 e. The maximum atomic E-state index is 12.1. The summed E-state index contributed by atoms with van der Waals surface area (Å²) >= 11 is 1.74. The van der Waals surface area contributed by atoms with Crippen molar-refractivity contribution in [2.45, 2.75) is 5.75 Å². The molecule has 5 heteroatoms. The number of thioether (sulfide) groups is 1. The second-order valence-electron chi connectivity index (χ2n) is 4.53. The molecule has 0 radical (unpaired) electrons. The molecule has 2 aromatic carbocycles. The molecule has 0 atom stereocenters. The highest BCUT2D eigenvalue weighted by Gasteiger charge is 2.15. The van der Waals surface area contributed by atoms with E-state index in [9.17, 15) is 4.79 Å². The van der Waals surface area contributed by atoms with E-state index in [1.807, 2.05) is 18.4 Å². The van der Waals surface area contributed by atoms with Crippen LogP contribution in [0.4, 0.5) is 0 Å². The summed E-state index contributed by atoms with van der Waals surface area (Å²) in [5, 5.41) is 0. The zero-order chi connectivity index (χ0) is 14.7. The molecule has 0 spiro atoms. The first-order valence-corrected chi connectivity index (χ1v) is 7.85. The number of carbonyl (C=O) groups is 1. The van der Waals surface area contributed by atoms with E-state index in [4.69, 9.17) is 14.2 Å². The Labute approximate surface area is 127 Å². The molecule has 1 aliphatic rings. The van der Waals surface area contributed by atoms with E-state index < -0.39 is 0 Å². The van der Waals surface area contributed by atoms with E-state index >= 15 is 0 Å². The lowest BCUT2D eigenvalue weighted by molar-refractivity contribution is 0.0734. The number of carbonyl (C=O) groups excluding carboxylic acids is 1. The van der Waals surface area contributed by atoms with Crippen LogP contribution < -0.4 is 14.2 Å². The van der Waals surface area contributed by atoms with Gasteiger partial charge in [0.15, 0.2) is 11.5 Å². The fourth-order valence-electron chi connectivity index (χ4n) is 2.01. The van der Waals surface area contributed by atoms with Crippen molar-refractivity contribution in [3.63, 3.8) is 0 Å². The summed E-state index contributed by atoms with van der Waals surface area (Å²) in [4.78, 5) is 12.1. The maximum absolute atomic E-state index is 12.1. The van der Waals surface area contributed by atoms with E-state index in [2.05, 4.69) is 0 Å². The van der Waals surface area contributed by atoms with Gasteiger partial charge in [-0.2, -0.15) is 11.8 Å². The van der Waals surface area contributed by atoms with Gasteiger partial charge >= 0.3 is 5.97 Å². The van der Waals surface area contributed by atoms with Gasteiger partial charge in [-0.05, 0) is 36.1 Å². The van der Waals surface area contributed by atoms with Crippen molar-refractivity contribution in [3.05, 3.63) is 53.6 Å². The van der Waals surface area contributed by atoms with Crippen LogP contribution in [0.2, 0.25) is 0 Å². The molecule has 108 valence electrons. The predicted molar refractivity (Wildman–Crippen MR) is 81.2 cm³/mol. The van der Waals surface area contributed by atoms with Gasteiger partial charge < -0.3 is 14.2 Å². The third-order valence-electron chi connectivity index (χ3n) is 3.06. The summed E-state index contributed by atoms with van der Waals surface area (Å²) in [7, 11) is 0. The van der Waals surface area contributed by atoms with Crippen molar-refractivity contribution in [2.24, 2.45) is 0 Å². The third-order valence-corrected chi connectivity index (χ3v) is 3.68. The molecule has 2 aromatic rings. The summed E-state index contributed by atoms with van der Waals surface area (Å²) in [6.45, 7) is 0.198. The number of benzene rings is 2. The van der Waals surface area contributed by atoms with Crippen LogP contribution in [-0.2, 0) is 5.75 Å². The number of hydrogen-bond acceptors (Lipinski definition) is 5. The molecule has 0 aliphatic carbocycles. The van der Waals surface area contributed by atoms with E-state index in [0.717, 1.165) is 5.75 Å². The third kappa shape index (κ3) is 3.13. The summed E-state index contributed by atoms with van der Waals surface area (Å²) in [6, 6.07) is 12.5. The molecule has 0 saturated heterocycles. The fraction of sp³-hybridized carbons (Fsp3) is 0.188. The fourth-order valence-corrected chi connectivity index (χ4v) is 2.54. The molecule has 0 N–H and O–H groups in total. The second kappa shape index (κ2) is 6.10. The topological polar surface area (TPSA) is 44.8 Å². The highest BCUT2D eigenvalue weighted by molar-refractivity contribution is 7.97. The first-order chi connectivity index (χ1) is 10.3. The first kappa shape index (κ1) is 13.8. The second-order valence-corrected chi connectivity index (χ2v) is 5.40. The number of fused-ring (bicyclic) bond motifs is 1. The molecule has 1 aliphatic heterocycles. The summed E-state index contributed by atoms with van der Waals surface area (Å²) in [5.74, 6) is 2.24. The van der Waals surface area contributed by atoms with Crippen LogP contribution in [0, 0.1) is 0 Å². The molecule has 3 rings (SSSR count). The maximum Gasteiger partial charge on any atom is 0.343 e. The van der Waals surface area contributed by atoms with Gasteiger partial charge in [0.25, 0.3) is 0 Å². The average molecular weight is 302 g/mol. The predicted octanol–water partition coefficient (Wildman–Crippen LogP) is 3.50. The number of esters is 1. The van der Waals surface area contributed by atoms with E-state index in [0.29, 0.717) is 22.8 Å². The van der Waals surface area contributed by atoms with Crippen LogP contribution in [0.25, 0.3) is 0 Å². The van der Waals surface area contributed by atoms with Gasteiger partial charge in [0.2, 0.25) is 6.79 Å².